The zero-order chi connectivity index (χ0) is 93.2. The van der Waals surface area contributed by atoms with E-state index >= 15 is 0 Å². The van der Waals surface area contributed by atoms with Crippen LogP contribution in [-0.4, -0.2) is 15.8 Å². The summed E-state index contributed by atoms with van der Waals surface area (Å²) < 4.78 is 82.3. The van der Waals surface area contributed by atoms with Crippen LogP contribution < -0.4 is 26.2 Å². The molecular formula is C116H127BN4. The number of hydrogen-bond donors (Lipinski definition) is 0. The van der Waals surface area contributed by atoms with E-state index < -0.39 is 12.1 Å². The monoisotopic (exact) mass is 1600 g/mol. The van der Waals surface area contributed by atoms with Crippen molar-refractivity contribution in [2.24, 2.45) is 10.8 Å². The number of fused-ring (bicyclic) bond motifs is 10. The zero-order valence-electron chi connectivity index (χ0n) is 84.9. The molecule has 4 heterocycles. The third-order valence-electron chi connectivity index (χ3n) is 25.5. The molecule has 0 N–H and O–H groups in total. The van der Waals surface area contributed by atoms with Crippen LogP contribution in [0.5, 0.6) is 0 Å². The first kappa shape index (κ1) is 72.9. The molecule has 0 bridgehead atoms. The zero-order valence-corrected chi connectivity index (χ0v) is 76.9. The lowest BCUT2D eigenvalue weighted by molar-refractivity contribution is 0.411. The van der Waals surface area contributed by atoms with E-state index in [1.54, 1.807) is 0 Å². The molecule has 5 heteroatoms. The van der Waals surface area contributed by atoms with Crippen LogP contribution in [0.15, 0.2) is 255 Å². The van der Waals surface area contributed by atoms with Crippen LogP contribution in [0.1, 0.15) is 248 Å². The minimum Gasteiger partial charge on any atom is -0.311 e. The molecule has 0 aliphatic carbocycles. The first-order valence-corrected chi connectivity index (χ1v) is 43.9. The number of para-hydroxylation sites is 2. The second-order valence-electron chi connectivity index (χ2n) is 44.7. The number of hydrogen-bond acceptors (Lipinski definition) is 2. The van der Waals surface area contributed by atoms with Gasteiger partial charge in [-0.2, -0.15) is 0 Å². The number of anilines is 6. The van der Waals surface area contributed by atoms with Gasteiger partial charge in [-0.3, -0.25) is 0 Å². The highest BCUT2D eigenvalue weighted by molar-refractivity contribution is 7.00. The maximum absolute atomic E-state index is 10.2. The van der Waals surface area contributed by atoms with Gasteiger partial charge in [0.2, 0.25) is 0 Å². The Hall–Kier alpha value is -10.9. The second kappa shape index (κ2) is 28.9. The normalized spacial score (nSPS) is 14.7. The Morgan fingerprint density at radius 1 is 0.256 bits per heavy atom. The highest BCUT2D eigenvalue weighted by atomic mass is 15.2. The van der Waals surface area contributed by atoms with E-state index in [1.807, 2.05) is 0 Å². The van der Waals surface area contributed by atoms with Crippen LogP contribution in [-0.2, 0) is 50.7 Å². The number of aromatic nitrogens is 2. The molecule has 15 aromatic rings. The summed E-state index contributed by atoms with van der Waals surface area (Å²) in [7, 11) is 0. The number of rotatable bonds is 10. The lowest BCUT2D eigenvalue weighted by Crippen LogP contribution is -2.61. The number of benzene rings is 13. The lowest BCUT2D eigenvalue weighted by atomic mass is 9.33. The van der Waals surface area contributed by atoms with Crippen LogP contribution in [0.25, 0.3) is 99.5 Å². The average molecular weight is 1600 g/mol. The van der Waals surface area contributed by atoms with E-state index in [1.165, 1.54) is 33.4 Å². The maximum Gasteiger partial charge on any atom is 0.252 e. The highest BCUT2D eigenvalue weighted by Crippen LogP contribution is 2.55. The molecule has 121 heavy (non-hydrogen) atoms. The summed E-state index contributed by atoms with van der Waals surface area (Å²) in [5, 5.41) is 2.41. The smallest absolute Gasteiger partial charge is 0.252 e. The van der Waals surface area contributed by atoms with Gasteiger partial charge < -0.3 is 18.9 Å². The summed E-state index contributed by atoms with van der Waals surface area (Å²) in [5.74, 6) is 0. The average Bonchev–Trinajstić information content (AvgIpc) is 1.45. The summed E-state index contributed by atoms with van der Waals surface area (Å²) in [4.78, 5) is 5.19. The molecule has 0 saturated carbocycles. The highest BCUT2D eigenvalue weighted by Gasteiger charge is 2.46. The first-order valence-electron chi connectivity index (χ1n) is 47.9. The van der Waals surface area contributed by atoms with E-state index in [4.69, 9.17) is 0 Å². The van der Waals surface area contributed by atoms with Gasteiger partial charge in [-0.15, -0.1) is 0 Å². The SMILES string of the molecule is [2H]c1c([2H])c([2H])c2c(c1[2H])c1cc(C(C)(C)C)ccc1n2-c1ccc2c(c1)N(c1cc(-c3cccc(C(C)(C)C)c3)c(CC(C)(C)C)cc1-c1cccc(C(C)(C)C)c1)c1cc(C(C)(C)C)cc3c1B2c1ccc(-n2c4ccc(C(C)(C)C)cc4c4c([2H])c([2H])c([2H])c([2H])c42)cc1N3c1cc(-c2cccc(C(C)(C)C)c2)c(CC(C)(C)C)cc1-c1cccc(C(C)(C)C)c1. The third kappa shape index (κ3) is 15.2. The van der Waals surface area contributed by atoms with Gasteiger partial charge in [-0.1, -0.05) is 345 Å². The number of nitrogens with zero attached hydrogens (tertiary/aromatic N) is 4. The standard InChI is InChI=1S/C116H127BN4/c1-108(2,3)70-76-60-91(74-38-34-42-80(58-74)112(13,14)15)101(68-89(76)72-36-32-40-78(56-72)110(7,8)9)120-103-66-85(118-97-46-30-28-44-87(97)93-62-82(114(19,20)21)48-54-99(93)118)50-52-95(103)117-96-53-51-86(119-98-47-31-29-45-88(98)94-63-83(115(22,23)24)49-55-100(94)119)67-104(96)121(106-65-84(116(25,26)27)64-105(120)107(106)117)102-69-90(73-37-33-41-79(57-73)111(10,11)12)77(71-109(4,5)6)61-92(102)75-39-35-43-81(59-75)113(16,17)18/h28-69H,70-71H2,1-27H3/i28D,29D,30D,31D,44D,45D,46D,47D. The van der Waals surface area contributed by atoms with Crippen LogP contribution >= 0.6 is 0 Å². The minimum absolute atomic E-state index is 0.0878. The van der Waals surface area contributed by atoms with Crippen molar-refractivity contribution in [3.8, 4) is 55.9 Å². The summed E-state index contributed by atoms with van der Waals surface area (Å²) in [5.41, 5.74) is 29.5. The quantitative estimate of drug-likeness (QED) is 0.127. The Kier molecular flexibility index (Phi) is 17.4. The molecule has 4 nitrogen and oxygen atoms in total. The van der Waals surface area contributed by atoms with Gasteiger partial charge in [0.15, 0.2) is 0 Å². The summed E-state index contributed by atoms with van der Waals surface area (Å²) >= 11 is 0. The fourth-order valence-corrected chi connectivity index (χ4v) is 18.8. The van der Waals surface area contributed by atoms with Crippen molar-refractivity contribution in [2.45, 2.75) is 238 Å². The molecule has 0 amide bonds. The molecule has 2 aromatic heterocycles. The van der Waals surface area contributed by atoms with Gasteiger partial charge in [-0.05, 0) is 258 Å². The topological polar surface area (TPSA) is 16.3 Å². The molecule has 0 fully saturated rings. The maximum atomic E-state index is 10.2. The Morgan fingerprint density at radius 3 is 0.893 bits per heavy atom. The van der Waals surface area contributed by atoms with E-state index in [-0.39, 0.29) is 91.7 Å². The van der Waals surface area contributed by atoms with Crippen LogP contribution in [0.2, 0.25) is 0 Å². The van der Waals surface area contributed by atoms with Crippen molar-refractivity contribution in [3.63, 3.8) is 0 Å². The summed E-state index contributed by atoms with van der Waals surface area (Å²) in [6.07, 6.45) is 1.53. The second-order valence-corrected chi connectivity index (χ2v) is 44.7. The van der Waals surface area contributed by atoms with E-state index in [9.17, 15) is 11.0 Å². The molecule has 17 rings (SSSR count). The van der Waals surface area contributed by atoms with Gasteiger partial charge in [0, 0.05) is 66.8 Å². The fourth-order valence-electron chi connectivity index (χ4n) is 18.8. The van der Waals surface area contributed by atoms with Crippen LogP contribution in [0.4, 0.5) is 34.1 Å². The molecule has 13 aromatic carbocycles. The van der Waals surface area contributed by atoms with Crippen molar-refractivity contribution < 1.29 is 11.0 Å². The van der Waals surface area contributed by atoms with Crippen molar-refractivity contribution in [3.05, 3.63) is 305 Å². The van der Waals surface area contributed by atoms with E-state index in [0.717, 1.165) is 158 Å². The predicted octanol–water partition coefficient (Wildman–Crippen LogP) is 30.9. The molecule has 2 aliphatic rings. The minimum atomic E-state index is -0.522. The molecule has 0 saturated heterocycles. The van der Waals surface area contributed by atoms with Crippen molar-refractivity contribution in [1.29, 1.82) is 0 Å². The summed E-state index contributed by atoms with van der Waals surface area (Å²) in [6, 6.07) is 76.8. The molecular weight excluding hydrogens is 1460 g/mol. The Bertz CT molecular complexity index is 6750. The molecule has 0 unspecified atom stereocenters. The molecule has 0 spiro atoms. The van der Waals surface area contributed by atoms with Gasteiger partial charge in [-0.25, -0.2) is 0 Å². The van der Waals surface area contributed by atoms with Crippen LogP contribution in [0, 0.1) is 10.8 Å². The molecule has 0 radical (unpaired) electrons. The van der Waals surface area contributed by atoms with Crippen LogP contribution in [0.3, 0.4) is 0 Å². The van der Waals surface area contributed by atoms with E-state index in [2.05, 4.69) is 412 Å². The van der Waals surface area contributed by atoms with E-state index in [0.29, 0.717) is 21.8 Å². The molecule has 0 atom stereocenters. The first-order chi connectivity index (χ1) is 60.0. The van der Waals surface area contributed by atoms with Crippen molar-refractivity contribution in [1.82, 2.24) is 9.13 Å². The largest absolute Gasteiger partial charge is 0.311 e. The van der Waals surface area contributed by atoms with Gasteiger partial charge >= 0.3 is 0 Å². The fraction of sp³-hybridized carbons (Fsp3) is 0.328. The van der Waals surface area contributed by atoms with Gasteiger partial charge in [0.25, 0.3) is 6.71 Å². The molecule has 614 valence electrons. The Morgan fingerprint density at radius 2 is 0.570 bits per heavy atom. The van der Waals surface area contributed by atoms with Gasteiger partial charge in [0.1, 0.15) is 0 Å². The third-order valence-corrected chi connectivity index (χ3v) is 25.5. The lowest BCUT2D eigenvalue weighted by Gasteiger charge is -2.46. The van der Waals surface area contributed by atoms with Crippen molar-refractivity contribution in [2.75, 3.05) is 9.80 Å². The Balaban J connectivity index is 1.11. The van der Waals surface area contributed by atoms with Gasteiger partial charge in [0.05, 0.1) is 44.4 Å². The van der Waals surface area contributed by atoms with Crippen molar-refractivity contribution >= 4 is 101 Å². The molecule has 2 aliphatic heterocycles. The summed E-state index contributed by atoms with van der Waals surface area (Å²) in [6.45, 7) is 61.2. The Labute approximate surface area is 735 Å². The predicted molar refractivity (Wildman–Crippen MR) is 528 cm³/mol.